The zero-order valence-corrected chi connectivity index (χ0v) is 13.1. The summed E-state index contributed by atoms with van der Waals surface area (Å²) in [6.07, 6.45) is 2.45. The minimum absolute atomic E-state index is 0.0509. The predicted octanol–water partition coefficient (Wildman–Crippen LogP) is 1.66. The van der Waals surface area contributed by atoms with Gasteiger partial charge < -0.3 is 5.32 Å². The lowest BCUT2D eigenvalue weighted by Crippen LogP contribution is -2.47. The zero-order chi connectivity index (χ0) is 13.9. The quantitative estimate of drug-likeness (QED) is 0.870. The van der Waals surface area contributed by atoms with E-state index in [1.54, 1.807) is 11.3 Å². The van der Waals surface area contributed by atoms with Gasteiger partial charge in [0.25, 0.3) is 0 Å². The minimum Gasteiger partial charge on any atom is -0.315 e. The number of thiophene rings is 1. The van der Waals surface area contributed by atoms with Gasteiger partial charge in [-0.3, -0.25) is 0 Å². The maximum Gasteiger partial charge on any atom is 0.215 e. The highest BCUT2D eigenvalue weighted by molar-refractivity contribution is 7.90. The van der Waals surface area contributed by atoms with Gasteiger partial charge in [0.2, 0.25) is 10.0 Å². The Hall–Kier alpha value is -0.430. The van der Waals surface area contributed by atoms with E-state index in [1.807, 2.05) is 6.92 Å². The van der Waals surface area contributed by atoms with Crippen molar-refractivity contribution in [2.45, 2.75) is 44.4 Å². The Kier molecular flexibility index (Phi) is 5.00. The van der Waals surface area contributed by atoms with Crippen LogP contribution in [0.25, 0.3) is 0 Å². The average molecular weight is 302 g/mol. The summed E-state index contributed by atoms with van der Waals surface area (Å²) < 4.78 is 27.3. The first kappa shape index (κ1) is 15.0. The molecule has 1 aliphatic heterocycles. The van der Waals surface area contributed by atoms with Crippen LogP contribution in [-0.4, -0.2) is 32.8 Å². The number of hydrogen-bond donors (Lipinski definition) is 2. The highest BCUT2D eigenvalue weighted by Gasteiger charge is 2.28. The van der Waals surface area contributed by atoms with Crippen molar-refractivity contribution in [3.63, 3.8) is 0 Å². The molecule has 2 unspecified atom stereocenters. The molecule has 1 fully saturated rings. The molecule has 6 heteroatoms. The van der Waals surface area contributed by atoms with Crippen molar-refractivity contribution in [2.24, 2.45) is 0 Å². The van der Waals surface area contributed by atoms with Crippen LogP contribution in [0.1, 0.15) is 29.5 Å². The lowest BCUT2D eigenvalue weighted by Gasteiger charge is -2.24. The largest absolute Gasteiger partial charge is 0.315 e. The molecule has 4 nitrogen and oxygen atoms in total. The predicted molar refractivity (Wildman–Crippen MR) is 80.2 cm³/mol. The number of aryl methyl sites for hydroxylation is 1. The fraction of sp³-hybridized carbons (Fsp3) is 0.692. The normalized spacial score (nSPS) is 22.3. The van der Waals surface area contributed by atoms with Gasteiger partial charge in [0.15, 0.2) is 0 Å². The monoisotopic (exact) mass is 302 g/mol. The number of sulfonamides is 1. The van der Waals surface area contributed by atoms with E-state index in [2.05, 4.69) is 29.1 Å². The zero-order valence-electron chi connectivity index (χ0n) is 11.5. The van der Waals surface area contributed by atoms with Crippen LogP contribution >= 0.6 is 11.3 Å². The summed E-state index contributed by atoms with van der Waals surface area (Å²) in [6.45, 7) is 5.50. The van der Waals surface area contributed by atoms with Crippen molar-refractivity contribution in [3.05, 3.63) is 21.9 Å². The minimum atomic E-state index is -3.20. The van der Waals surface area contributed by atoms with Crippen LogP contribution in [0.4, 0.5) is 0 Å². The number of nitrogens with one attached hydrogen (secondary N) is 2. The van der Waals surface area contributed by atoms with Gasteiger partial charge in [-0.05, 0) is 51.8 Å². The average Bonchev–Trinajstić information content (AvgIpc) is 2.75. The standard InChI is InChI=1S/C13H22N2O2S2/c1-10(8-12-6-5-11(2)18-12)15-19(16,17)13-4-3-7-14-9-13/h5-6,10,13-15H,3-4,7-9H2,1-2H3. The van der Waals surface area contributed by atoms with E-state index < -0.39 is 10.0 Å². The van der Waals surface area contributed by atoms with Crippen LogP contribution in [0.15, 0.2) is 12.1 Å². The lowest BCUT2D eigenvalue weighted by atomic mass is 10.2. The molecule has 2 rings (SSSR count). The summed E-state index contributed by atoms with van der Waals surface area (Å²) in [4.78, 5) is 2.50. The van der Waals surface area contributed by atoms with Crippen molar-refractivity contribution in [1.82, 2.24) is 10.0 Å². The maximum atomic E-state index is 12.2. The molecule has 1 aromatic rings. The third-order valence-electron chi connectivity index (χ3n) is 3.36. The molecule has 1 saturated heterocycles. The Bertz CT molecular complexity index is 504. The van der Waals surface area contributed by atoms with Gasteiger partial charge >= 0.3 is 0 Å². The van der Waals surface area contributed by atoms with Gasteiger partial charge in [0.05, 0.1) is 5.25 Å². The molecule has 1 aliphatic rings. The molecule has 108 valence electrons. The highest BCUT2D eigenvalue weighted by atomic mass is 32.2. The van der Waals surface area contributed by atoms with Crippen LogP contribution in [0.3, 0.4) is 0 Å². The molecule has 2 N–H and O–H groups in total. The molecule has 1 aromatic heterocycles. The third-order valence-corrected chi connectivity index (χ3v) is 6.39. The Morgan fingerprint density at radius 3 is 2.89 bits per heavy atom. The Morgan fingerprint density at radius 2 is 2.32 bits per heavy atom. The van der Waals surface area contributed by atoms with Crippen molar-refractivity contribution in [1.29, 1.82) is 0 Å². The molecule has 2 atom stereocenters. The summed E-state index contributed by atoms with van der Waals surface area (Å²) in [6, 6.07) is 4.10. The second-order valence-electron chi connectivity index (χ2n) is 5.25. The molecule has 19 heavy (non-hydrogen) atoms. The molecule has 0 spiro atoms. The van der Waals surface area contributed by atoms with E-state index in [0.717, 1.165) is 25.8 Å². The summed E-state index contributed by atoms with van der Waals surface area (Å²) >= 11 is 1.73. The molecule has 0 aliphatic carbocycles. The van der Waals surface area contributed by atoms with Gasteiger partial charge in [-0.15, -0.1) is 11.3 Å². The van der Waals surface area contributed by atoms with Gasteiger partial charge in [-0.2, -0.15) is 0 Å². The summed E-state index contributed by atoms with van der Waals surface area (Å²) in [5.74, 6) is 0. The molecule has 0 saturated carbocycles. The highest BCUT2D eigenvalue weighted by Crippen LogP contribution is 2.18. The topological polar surface area (TPSA) is 58.2 Å². The van der Waals surface area contributed by atoms with Crippen LogP contribution in [0, 0.1) is 6.92 Å². The van der Waals surface area contributed by atoms with Crippen molar-refractivity contribution in [2.75, 3.05) is 13.1 Å². The Balaban J connectivity index is 1.91. The number of hydrogen-bond acceptors (Lipinski definition) is 4. The smallest absolute Gasteiger partial charge is 0.215 e. The van der Waals surface area contributed by atoms with Crippen LogP contribution < -0.4 is 10.0 Å². The SMILES string of the molecule is Cc1ccc(CC(C)NS(=O)(=O)C2CCCNC2)s1. The van der Waals surface area contributed by atoms with E-state index in [4.69, 9.17) is 0 Å². The fourth-order valence-corrected chi connectivity index (χ4v) is 5.07. The van der Waals surface area contributed by atoms with Crippen LogP contribution in [0.2, 0.25) is 0 Å². The second kappa shape index (κ2) is 6.35. The van der Waals surface area contributed by atoms with E-state index in [1.165, 1.54) is 9.75 Å². The number of rotatable bonds is 5. The third kappa shape index (κ3) is 4.27. The van der Waals surface area contributed by atoms with Crippen molar-refractivity contribution < 1.29 is 8.42 Å². The maximum absolute atomic E-state index is 12.2. The van der Waals surface area contributed by atoms with Gasteiger partial charge in [-0.1, -0.05) is 0 Å². The fourth-order valence-electron chi connectivity index (χ4n) is 2.40. The lowest BCUT2D eigenvalue weighted by molar-refractivity contribution is 0.483. The first-order chi connectivity index (χ1) is 8.97. The molecule has 0 bridgehead atoms. The summed E-state index contributed by atoms with van der Waals surface area (Å²) in [5.41, 5.74) is 0. The van der Waals surface area contributed by atoms with Crippen LogP contribution in [0.5, 0.6) is 0 Å². The van der Waals surface area contributed by atoms with Crippen molar-refractivity contribution in [3.8, 4) is 0 Å². The van der Waals surface area contributed by atoms with Gasteiger partial charge in [-0.25, -0.2) is 13.1 Å². The van der Waals surface area contributed by atoms with Crippen molar-refractivity contribution >= 4 is 21.4 Å². The molecule has 0 amide bonds. The van der Waals surface area contributed by atoms with E-state index >= 15 is 0 Å². The van der Waals surface area contributed by atoms with E-state index in [0.29, 0.717) is 6.54 Å². The summed E-state index contributed by atoms with van der Waals surface area (Å²) in [7, 11) is -3.20. The molecular formula is C13H22N2O2S2. The van der Waals surface area contributed by atoms with Gasteiger partial charge in [0.1, 0.15) is 0 Å². The molecule has 0 radical (unpaired) electrons. The molecule has 0 aromatic carbocycles. The van der Waals surface area contributed by atoms with Gasteiger partial charge in [0, 0.05) is 22.3 Å². The van der Waals surface area contributed by atoms with E-state index in [-0.39, 0.29) is 11.3 Å². The van der Waals surface area contributed by atoms with Crippen LogP contribution in [-0.2, 0) is 16.4 Å². The summed E-state index contributed by atoms with van der Waals surface area (Å²) in [5, 5.41) is 2.87. The Labute approximate surface area is 119 Å². The second-order valence-corrected chi connectivity index (χ2v) is 8.61. The van der Waals surface area contributed by atoms with E-state index in [9.17, 15) is 8.42 Å². The first-order valence-corrected chi connectivity index (χ1v) is 9.11. The molecule has 2 heterocycles. The molecular weight excluding hydrogens is 280 g/mol. The first-order valence-electron chi connectivity index (χ1n) is 6.74. The number of piperidine rings is 1. The Morgan fingerprint density at radius 1 is 1.53 bits per heavy atom.